The number of alkyl halides is 1. The Morgan fingerprint density at radius 3 is 2.79 bits per heavy atom. The fourth-order valence-electron chi connectivity index (χ4n) is 1.30. The fraction of sp³-hybridized carbons (Fsp3) is 0.455. The van der Waals surface area contributed by atoms with Crippen LogP contribution in [0.3, 0.4) is 0 Å². The number of benzene rings is 1. The Balaban J connectivity index is 2.76. The van der Waals surface area contributed by atoms with E-state index in [-0.39, 0.29) is 0 Å². The lowest BCUT2D eigenvalue weighted by Gasteiger charge is -2.20. The Morgan fingerprint density at radius 1 is 1.50 bits per heavy atom. The van der Waals surface area contributed by atoms with Crippen LogP contribution in [0, 0.1) is 0 Å². The van der Waals surface area contributed by atoms with E-state index in [9.17, 15) is 4.39 Å². The van der Waals surface area contributed by atoms with Crippen LogP contribution in [0.15, 0.2) is 24.3 Å². The van der Waals surface area contributed by atoms with Gasteiger partial charge in [-0.2, -0.15) is 0 Å². The van der Waals surface area contributed by atoms with Gasteiger partial charge in [-0.25, -0.2) is 4.39 Å². The fourth-order valence-corrected chi connectivity index (χ4v) is 1.30. The molecule has 0 aliphatic rings. The molecular formula is C11H16FNO. The summed E-state index contributed by atoms with van der Waals surface area (Å²) in [5, 5.41) is 0. The topological polar surface area (TPSA) is 35.2 Å². The maximum Gasteiger partial charge on any atom is 0.119 e. The first-order valence-corrected chi connectivity index (χ1v) is 4.55. The van der Waals surface area contributed by atoms with Crippen LogP contribution in [0.5, 0.6) is 5.75 Å². The van der Waals surface area contributed by atoms with Crippen molar-refractivity contribution in [2.75, 3.05) is 13.8 Å². The lowest BCUT2D eigenvalue weighted by Crippen LogP contribution is -2.40. The maximum absolute atomic E-state index is 12.5. The molecule has 0 fully saturated rings. The zero-order chi connectivity index (χ0) is 10.6. The first-order valence-electron chi connectivity index (χ1n) is 4.55. The van der Waals surface area contributed by atoms with Crippen molar-refractivity contribution in [3.8, 4) is 5.75 Å². The minimum absolute atomic E-state index is 0.515. The molecule has 0 saturated carbocycles. The largest absolute Gasteiger partial charge is 0.497 e. The van der Waals surface area contributed by atoms with Crippen molar-refractivity contribution in [3.05, 3.63) is 29.8 Å². The summed E-state index contributed by atoms with van der Waals surface area (Å²) in [6.45, 7) is 1.18. The molecule has 78 valence electrons. The van der Waals surface area contributed by atoms with Gasteiger partial charge in [0.25, 0.3) is 0 Å². The van der Waals surface area contributed by atoms with Gasteiger partial charge in [0, 0.05) is 5.54 Å². The molecule has 1 aromatic rings. The molecule has 1 aromatic carbocycles. The molecule has 0 saturated heterocycles. The summed E-state index contributed by atoms with van der Waals surface area (Å²) in [4.78, 5) is 0. The number of hydrogen-bond acceptors (Lipinski definition) is 2. The van der Waals surface area contributed by atoms with Gasteiger partial charge in [-0.3, -0.25) is 0 Å². The number of ether oxygens (including phenoxy) is 1. The molecule has 1 unspecified atom stereocenters. The third-order valence-electron chi connectivity index (χ3n) is 2.05. The van der Waals surface area contributed by atoms with E-state index in [4.69, 9.17) is 10.5 Å². The zero-order valence-corrected chi connectivity index (χ0v) is 8.59. The van der Waals surface area contributed by atoms with Gasteiger partial charge in [-0.05, 0) is 31.0 Å². The van der Waals surface area contributed by atoms with Crippen molar-refractivity contribution >= 4 is 0 Å². The van der Waals surface area contributed by atoms with Crippen molar-refractivity contribution in [2.24, 2.45) is 5.73 Å². The summed E-state index contributed by atoms with van der Waals surface area (Å²) in [6.07, 6.45) is 0.515. The molecule has 0 amide bonds. The Morgan fingerprint density at radius 2 is 2.21 bits per heavy atom. The number of hydrogen-bond donors (Lipinski definition) is 1. The van der Waals surface area contributed by atoms with E-state index in [0.717, 1.165) is 11.3 Å². The zero-order valence-electron chi connectivity index (χ0n) is 8.59. The smallest absolute Gasteiger partial charge is 0.119 e. The summed E-state index contributed by atoms with van der Waals surface area (Å²) >= 11 is 0. The normalized spacial score (nSPS) is 14.9. The van der Waals surface area contributed by atoms with E-state index in [2.05, 4.69) is 0 Å². The molecule has 0 bridgehead atoms. The molecule has 0 aromatic heterocycles. The van der Waals surface area contributed by atoms with Crippen LogP contribution in [0.25, 0.3) is 0 Å². The van der Waals surface area contributed by atoms with E-state index in [0.29, 0.717) is 6.42 Å². The molecule has 0 aliphatic heterocycles. The molecule has 14 heavy (non-hydrogen) atoms. The van der Waals surface area contributed by atoms with Crippen molar-refractivity contribution in [3.63, 3.8) is 0 Å². The predicted octanol–water partition coefficient (Wildman–Crippen LogP) is 1.92. The highest BCUT2D eigenvalue weighted by Crippen LogP contribution is 2.17. The lowest BCUT2D eigenvalue weighted by atomic mass is 9.95. The average molecular weight is 197 g/mol. The third-order valence-corrected chi connectivity index (χ3v) is 2.05. The van der Waals surface area contributed by atoms with Crippen LogP contribution in [-0.4, -0.2) is 19.3 Å². The van der Waals surface area contributed by atoms with Crippen molar-refractivity contribution in [2.45, 2.75) is 18.9 Å². The van der Waals surface area contributed by atoms with Gasteiger partial charge >= 0.3 is 0 Å². The molecule has 1 rings (SSSR count). The number of rotatable bonds is 4. The highest BCUT2D eigenvalue weighted by molar-refractivity contribution is 5.29. The molecule has 0 aliphatic carbocycles. The standard InChI is InChI=1S/C11H16FNO/c1-11(13,8-12)7-9-4-3-5-10(6-9)14-2/h3-6H,7-8,13H2,1-2H3. The molecule has 2 N–H and O–H groups in total. The minimum atomic E-state index is -0.785. The predicted molar refractivity (Wildman–Crippen MR) is 55.3 cm³/mol. The summed E-state index contributed by atoms with van der Waals surface area (Å²) < 4.78 is 17.6. The number of methoxy groups -OCH3 is 1. The van der Waals surface area contributed by atoms with Crippen LogP contribution in [0.2, 0.25) is 0 Å². The molecular weight excluding hydrogens is 181 g/mol. The Kier molecular flexibility index (Phi) is 3.47. The summed E-state index contributed by atoms with van der Waals surface area (Å²) in [7, 11) is 1.61. The number of nitrogens with two attached hydrogens (primary N) is 1. The van der Waals surface area contributed by atoms with Crippen molar-refractivity contribution in [1.29, 1.82) is 0 Å². The monoisotopic (exact) mass is 197 g/mol. The Labute approximate surface area is 83.9 Å². The average Bonchev–Trinajstić information content (AvgIpc) is 2.17. The van der Waals surface area contributed by atoms with E-state index in [1.54, 1.807) is 14.0 Å². The second-order valence-corrected chi connectivity index (χ2v) is 3.82. The second kappa shape index (κ2) is 4.42. The van der Waals surface area contributed by atoms with Crippen LogP contribution < -0.4 is 10.5 Å². The summed E-state index contributed by atoms with van der Waals surface area (Å²) in [5.41, 5.74) is 5.93. The third kappa shape index (κ3) is 3.00. The van der Waals surface area contributed by atoms with E-state index in [1.165, 1.54) is 0 Å². The molecule has 0 spiro atoms. The molecule has 3 heteroatoms. The van der Waals surface area contributed by atoms with Gasteiger partial charge in [-0.15, -0.1) is 0 Å². The summed E-state index contributed by atoms with van der Waals surface area (Å²) in [5.74, 6) is 0.775. The van der Waals surface area contributed by atoms with Crippen molar-refractivity contribution in [1.82, 2.24) is 0 Å². The molecule has 0 heterocycles. The quantitative estimate of drug-likeness (QED) is 0.800. The minimum Gasteiger partial charge on any atom is -0.497 e. The maximum atomic E-state index is 12.5. The van der Waals surface area contributed by atoms with Gasteiger partial charge < -0.3 is 10.5 Å². The number of halogens is 1. The molecule has 1 atom stereocenters. The van der Waals surface area contributed by atoms with Gasteiger partial charge in [0.2, 0.25) is 0 Å². The SMILES string of the molecule is COc1cccc(CC(C)(N)CF)c1. The summed E-state index contributed by atoms with van der Waals surface area (Å²) in [6, 6.07) is 7.53. The Hall–Kier alpha value is -1.09. The van der Waals surface area contributed by atoms with Gasteiger partial charge in [0.15, 0.2) is 0 Å². The Bertz CT molecular complexity index is 299. The molecule has 0 radical (unpaired) electrons. The lowest BCUT2D eigenvalue weighted by molar-refractivity contribution is 0.326. The second-order valence-electron chi connectivity index (χ2n) is 3.82. The van der Waals surface area contributed by atoms with Gasteiger partial charge in [0.05, 0.1) is 7.11 Å². The van der Waals surface area contributed by atoms with Crippen molar-refractivity contribution < 1.29 is 9.13 Å². The van der Waals surface area contributed by atoms with E-state index < -0.39 is 12.2 Å². The van der Waals surface area contributed by atoms with Crippen LogP contribution >= 0.6 is 0 Å². The van der Waals surface area contributed by atoms with Crippen LogP contribution in [0.4, 0.5) is 4.39 Å². The molecule has 2 nitrogen and oxygen atoms in total. The highest BCUT2D eigenvalue weighted by Gasteiger charge is 2.18. The van der Waals surface area contributed by atoms with E-state index >= 15 is 0 Å². The van der Waals surface area contributed by atoms with E-state index in [1.807, 2.05) is 24.3 Å². The first kappa shape index (κ1) is 11.0. The van der Waals surface area contributed by atoms with Crippen LogP contribution in [-0.2, 0) is 6.42 Å². The first-order chi connectivity index (χ1) is 6.57. The van der Waals surface area contributed by atoms with Crippen LogP contribution in [0.1, 0.15) is 12.5 Å². The van der Waals surface area contributed by atoms with Gasteiger partial charge in [-0.1, -0.05) is 12.1 Å². The van der Waals surface area contributed by atoms with Gasteiger partial charge in [0.1, 0.15) is 12.4 Å². The highest BCUT2D eigenvalue weighted by atomic mass is 19.1.